The number of nitrogens with two attached hydrogens (primary N) is 1. The minimum Gasteiger partial charge on any atom is -1.00 e. The molecular formula is C21H18ClF3NO5-. The molecule has 2 N–H and O–H groups in total. The van der Waals surface area contributed by atoms with Crippen LogP contribution >= 0.6 is 0 Å². The molecule has 10 heteroatoms. The van der Waals surface area contributed by atoms with E-state index < -0.39 is 40.7 Å². The number of hydrogen-bond donors (Lipinski definition) is 1. The molecule has 1 atom stereocenters. The van der Waals surface area contributed by atoms with Crippen molar-refractivity contribution in [2.24, 2.45) is 5.73 Å². The third-order valence-electron chi connectivity index (χ3n) is 4.22. The molecule has 0 saturated carbocycles. The van der Waals surface area contributed by atoms with Gasteiger partial charge in [-0.15, -0.1) is 0 Å². The number of carbonyl (C=O) groups excluding carboxylic acids is 1. The van der Waals surface area contributed by atoms with Gasteiger partial charge in [-0.3, -0.25) is 4.79 Å². The molecule has 0 bridgehead atoms. The van der Waals surface area contributed by atoms with E-state index in [0.717, 1.165) is 6.07 Å². The highest BCUT2D eigenvalue weighted by Crippen LogP contribution is 2.39. The van der Waals surface area contributed by atoms with Crippen LogP contribution in [0.1, 0.15) is 25.2 Å². The first-order valence-corrected chi connectivity index (χ1v) is 9.03. The van der Waals surface area contributed by atoms with Gasteiger partial charge in [0.05, 0.1) is 5.39 Å². The largest absolute Gasteiger partial charge is 1.00 e. The standard InChI is InChI=1S/C21H18F3NO5.ClH/c1-3-12-9-14-16(10-15(12)30-20(27)11(2)25)29-19(21(22,23)24)18(17(14)26)28-13-7-5-4-6-8-13;/h4-11H,3,25H2,1-2H3;1H/p-1. The number of carbonyl (C=O) groups is 1. The maximum absolute atomic E-state index is 13.6. The van der Waals surface area contributed by atoms with Crippen LogP contribution in [0.2, 0.25) is 0 Å². The van der Waals surface area contributed by atoms with Gasteiger partial charge in [-0.25, -0.2) is 4.79 Å². The Balaban J connectivity index is 0.00000341. The predicted octanol–water partition coefficient (Wildman–Crippen LogP) is 1.42. The van der Waals surface area contributed by atoms with E-state index in [4.69, 9.17) is 19.6 Å². The SMILES string of the molecule is CCc1cc2c(=O)c(Oc3ccccc3)c(C(F)(F)F)oc2cc1OC(=O)C(C)N.[Cl-]. The number of ether oxygens (including phenoxy) is 2. The van der Waals surface area contributed by atoms with Gasteiger partial charge < -0.3 is 32.0 Å². The summed E-state index contributed by atoms with van der Waals surface area (Å²) < 4.78 is 56.2. The molecule has 2 aromatic carbocycles. The molecule has 0 saturated heterocycles. The van der Waals surface area contributed by atoms with Crippen LogP contribution in [0.25, 0.3) is 11.0 Å². The summed E-state index contributed by atoms with van der Waals surface area (Å²) in [4.78, 5) is 24.7. The second kappa shape index (κ2) is 9.40. The monoisotopic (exact) mass is 456 g/mol. The number of benzene rings is 2. The van der Waals surface area contributed by atoms with Gasteiger partial charge in [-0.1, -0.05) is 25.1 Å². The van der Waals surface area contributed by atoms with Gasteiger partial charge in [0.25, 0.3) is 5.76 Å². The molecule has 1 heterocycles. The quantitative estimate of drug-likeness (QED) is 0.461. The zero-order valence-corrected chi connectivity index (χ0v) is 17.2. The van der Waals surface area contributed by atoms with E-state index in [1.165, 1.54) is 25.1 Å². The molecule has 1 unspecified atom stereocenters. The summed E-state index contributed by atoms with van der Waals surface area (Å²) in [6.45, 7) is 3.14. The van der Waals surface area contributed by atoms with Crippen LogP contribution in [-0.4, -0.2) is 12.0 Å². The summed E-state index contributed by atoms with van der Waals surface area (Å²) in [6.07, 6.45) is -4.66. The number of halogens is 4. The van der Waals surface area contributed by atoms with E-state index in [1.54, 1.807) is 25.1 Å². The highest BCUT2D eigenvalue weighted by Gasteiger charge is 2.40. The number of alkyl halides is 3. The molecule has 6 nitrogen and oxygen atoms in total. The molecule has 0 fully saturated rings. The Morgan fingerprint density at radius 1 is 1.19 bits per heavy atom. The lowest BCUT2D eigenvalue weighted by molar-refractivity contribution is -0.154. The average molecular weight is 457 g/mol. The maximum atomic E-state index is 13.6. The molecule has 0 spiro atoms. The summed E-state index contributed by atoms with van der Waals surface area (Å²) in [6, 6.07) is 9.05. The van der Waals surface area contributed by atoms with Crippen LogP contribution in [0.5, 0.6) is 17.2 Å². The molecule has 0 aliphatic heterocycles. The van der Waals surface area contributed by atoms with E-state index in [1.807, 2.05) is 0 Å². The lowest BCUT2D eigenvalue weighted by Crippen LogP contribution is -3.00. The molecule has 0 aliphatic carbocycles. The predicted molar refractivity (Wildman–Crippen MR) is 103 cm³/mol. The van der Waals surface area contributed by atoms with Gasteiger partial charge in [0.15, 0.2) is 0 Å². The van der Waals surface area contributed by atoms with Gasteiger partial charge in [-0.05, 0) is 37.1 Å². The lowest BCUT2D eigenvalue weighted by atomic mass is 10.1. The Hall–Kier alpha value is -3.04. The fourth-order valence-corrected chi connectivity index (χ4v) is 2.71. The topological polar surface area (TPSA) is 91.8 Å². The second-order valence-electron chi connectivity index (χ2n) is 6.52. The Morgan fingerprint density at radius 3 is 2.39 bits per heavy atom. The molecule has 0 radical (unpaired) electrons. The van der Waals surface area contributed by atoms with Crippen molar-refractivity contribution in [3.8, 4) is 17.2 Å². The van der Waals surface area contributed by atoms with E-state index in [2.05, 4.69) is 0 Å². The zero-order chi connectivity index (χ0) is 22.1. The Bertz CT molecular complexity index is 1140. The van der Waals surface area contributed by atoms with Gasteiger partial charge in [0.1, 0.15) is 23.1 Å². The van der Waals surface area contributed by atoms with Crippen LogP contribution in [-0.2, 0) is 17.4 Å². The average Bonchev–Trinajstić information content (AvgIpc) is 2.69. The number of fused-ring (bicyclic) bond motifs is 1. The molecule has 0 amide bonds. The summed E-state index contributed by atoms with van der Waals surface area (Å²) in [5.74, 6) is -3.30. The van der Waals surface area contributed by atoms with Crippen LogP contribution < -0.4 is 33.0 Å². The number of para-hydroxylation sites is 1. The molecule has 3 rings (SSSR count). The third-order valence-corrected chi connectivity index (χ3v) is 4.22. The van der Waals surface area contributed by atoms with Crippen molar-refractivity contribution in [2.45, 2.75) is 32.5 Å². The first-order chi connectivity index (χ1) is 14.1. The summed E-state index contributed by atoms with van der Waals surface area (Å²) in [5, 5.41) is -0.133. The fourth-order valence-electron chi connectivity index (χ4n) is 2.71. The maximum Gasteiger partial charge on any atom is 0.453 e. The zero-order valence-electron chi connectivity index (χ0n) is 16.5. The molecular weight excluding hydrogens is 439 g/mol. The van der Waals surface area contributed by atoms with Gasteiger partial charge >= 0.3 is 12.1 Å². The van der Waals surface area contributed by atoms with Crippen molar-refractivity contribution in [3.05, 3.63) is 64.0 Å². The molecule has 3 aromatic rings. The van der Waals surface area contributed by atoms with E-state index >= 15 is 0 Å². The summed E-state index contributed by atoms with van der Waals surface area (Å²) >= 11 is 0. The van der Waals surface area contributed by atoms with Crippen LogP contribution in [0, 0.1) is 0 Å². The van der Waals surface area contributed by atoms with E-state index in [-0.39, 0.29) is 29.3 Å². The number of aryl methyl sites for hydroxylation is 1. The molecule has 1 aromatic heterocycles. The second-order valence-corrected chi connectivity index (χ2v) is 6.52. The van der Waals surface area contributed by atoms with E-state index in [0.29, 0.717) is 12.0 Å². The Kier molecular flexibility index (Phi) is 7.35. The van der Waals surface area contributed by atoms with Gasteiger partial charge in [0, 0.05) is 6.07 Å². The van der Waals surface area contributed by atoms with Crippen molar-refractivity contribution in [3.63, 3.8) is 0 Å². The number of hydrogen-bond acceptors (Lipinski definition) is 6. The van der Waals surface area contributed by atoms with Crippen molar-refractivity contribution in [1.29, 1.82) is 0 Å². The summed E-state index contributed by atoms with van der Waals surface area (Å²) in [7, 11) is 0. The smallest absolute Gasteiger partial charge is 0.453 e. The van der Waals surface area contributed by atoms with Gasteiger partial charge in [0.2, 0.25) is 11.2 Å². The first kappa shape index (κ1) is 24.2. The van der Waals surface area contributed by atoms with Crippen molar-refractivity contribution >= 4 is 16.9 Å². The van der Waals surface area contributed by atoms with Crippen molar-refractivity contribution in [1.82, 2.24) is 0 Å². The molecule has 0 aliphatic rings. The Morgan fingerprint density at radius 2 is 1.84 bits per heavy atom. The lowest BCUT2D eigenvalue weighted by Gasteiger charge is -2.15. The molecule has 166 valence electrons. The van der Waals surface area contributed by atoms with Gasteiger partial charge in [-0.2, -0.15) is 13.2 Å². The number of esters is 1. The highest BCUT2D eigenvalue weighted by molar-refractivity contribution is 5.84. The van der Waals surface area contributed by atoms with E-state index in [9.17, 15) is 22.8 Å². The Labute approximate surface area is 181 Å². The normalized spacial score (nSPS) is 12.2. The van der Waals surface area contributed by atoms with Crippen LogP contribution in [0.4, 0.5) is 13.2 Å². The van der Waals surface area contributed by atoms with Crippen LogP contribution in [0.15, 0.2) is 51.7 Å². The van der Waals surface area contributed by atoms with Crippen molar-refractivity contribution in [2.75, 3.05) is 0 Å². The fraction of sp³-hybridized carbons (Fsp3) is 0.238. The minimum atomic E-state index is -5.00. The molecule has 31 heavy (non-hydrogen) atoms. The first-order valence-electron chi connectivity index (χ1n) is 9.03. The third kappa shape index (κ3) is 5.18. The van der Waals surface area contributed by atoms with Crippen LogP contribution in [0.3, 0.4) is 0 Å². The number of rotatable bonds is 5. The van der Waals surface area contributed by atoms with Crippen molar-refractivity contribution < 1.29 is 44.3 Å². The highest BCUT2D eigenvalue weighted by atomic mass is 35.5. The summed E-state index contributed by atoms with van der Waals surface area (Å²) in [5.41, 5.74) is 4.51. The minimum absolute atomic E-state index is 0.